The van der Waals surface area contributed by atoms with E-state index in [4.69, 9.17) is 9.47 Å². The lowest BCUT2D eigenvalue weighted by Crippen LogP contribution is -2.55. The lowest BCUT2D eigenvalue weighted by Gasteiger charge is -2.41. The first kappa shape index (κ1) is 16.5. The van der Waals surface area contributed by atoms with Gasteiger partial charge in [-0.15, -0.1) is 0 Å². The van der Waals surface area contributed by atoms with Crippen LogP contribution in [0.3, 0.4) is 0 Å². The Labute approximate surface area is 138 Å². The molecule has 23 heavy (non-hydrogen) atoms. The second kappa shape index (κ2) is 7.45. The molecule has 0 saturated carbocycles. The van der Waals surface area contributed by atoms with Crippen molar-refractivity contribution in [3.05, 3.63) is 35.4 Å². The second-order valence-corrected chi connectivity index (χ2v) is 6.49. The van der Waals surface area contributed by atoms with Crippen LogP contribution in [0.4, 0.5) is 0 Å². The largest absolute Gasteiger partial charge is 0.376 e. The number of benzene rings is 1. The summed E-state index contributed by atoms with van der Waals surface area (Å²) in [5.74, 6) is 0.253. The van der Waals surface area contributed by atoms with Crippen LogP contribution < -0.4 is 0 Å². The summed E-state index contributed by atoms with van der Waals surface area (Å²) >= 11 is 0. The third kappa shape index (κ3) is 3.59. The van der Waals surface area contributed by atoms with Crippen molar-refractivity contribution >= 4 is 5.91 Å². The van der Waals surface area contributed by atoms with E-state index in [-0.39, 0.29) is 24.2 Å². The number of nitrogens with zero attached hydrogens (tertiary/aromatic N) is 1. The third-order valence-electron chi connectivity index (χ3n) is 5.09. The van der Waals surface area contributed by atoms with Gasteiger partial charge < -0.3 is 14.4 Å². The van der Waals surface area contributed by atoms with E-state index >= 15 is 0 Å². The van der Waals surface area contributed by atoms with Crippen molar-refractivity contribution in [2.75, 3.05) is 19.8 Å². The van der Waals surface area contributed by atoms with Crippen LogP contribution in [0.25, 0.3) is 0 Å². The zero-order chi connectivity index (χ0) is 16.2. The monoisotopic (exact) mass is 317 g/mol. The van der Waals surface area contributed by atoms with E-state index in [9.17, 15) is 4.79 Å². The van der Waals surface area contributed by atoms with E-state index in [1.807, 2.05) is 24.0 Å². The quantitative estimate of drug-likeness (QED) is 0.838. The van der Waals surface area contributed by atoms with Gasteiger partial charge in [0.1, 0.15) is 6.10 Å². The standard InChI is InChI=1S/C19H27NO3/c1-3-22-17-10-12-20(16-11-13-23-19(16)17)18(21)9-8-15-7-5-4-6-14(15)2/h4-7,16-17,19H,3,8-13H2,1-2H3/t16-,17+,19-/m0/s1. The number of aryl methyl sites for hydroxylation is 2. The maximum absolute atomic E-state index is 12.7. The van der Waals surface area contributed by atoms with Gasteiger partial charge in [0, 0.05) is 26.2 Å². The highest BCUT2D eigenvalue weighted by atomic mass is 16.5. The summed E-state index contributed by atoms with van der Waals surface area (Å²) in [4.78, 5) is 14.8. The van der Waals surface area contributed by atoms with Gasteiger partial charge in [0.25, 0.3) is 0 Å². The molecule has 2 heterocycles. The molecule has 3 atom stereocenters. The second-order valence-electron chi connectivity index (χ2n) is 6.49. The SMILES string of the molecule is CCO[C@@H]1CCN(C(=O)CCc2ccccc2C)[C@H]2CCO[C@H]12. The van der Waals surface area contributed by atoms with E-state index in [2.05, 4.69) is 19.1 Å². The number of fused-ring (bicyclic) bond motifs is 1. The number of carbonyl (C=O) groups is 1. The number of likely N-dealkylation sites (tertiary alicyclic amines) is 1. The average Bonchev–Trinajstić information content (AvgIpc) is 3.04. The van der Waals surface area contributed by atoms with Crippen LogP contribution in [-0.4, -0.2) is 48.8 Å². The van der Waals surface area contributed by atoms with Gasteiger partial charge in [-0.1, -0.05) is 24.3 Å². The van der Waals surface area contributed by atoms with Crippen molar-refractivity contribution in [3.8, 4) is 0 Å². The summed E-state index contributed by atoms with van der Waals surface area (Å²) in [6.45, 7) is 6.36. The molecule has 1 amide bonds. The molecule has 0 aliphatic carbocycles. The Morgan fingerprint density at radius 2 is 2.17 bits per heavy atom. The molecule has 0 aromatic heterocycles. The Balaban J connectivity index is 1.60. The highest BCUT2D eigenvalue weighted by Gasteiger charge is 2.44. The molecule has 2 aliphatic rings. The van der Waals surface area contributed by atoms with Crippen LogP contribution >= 0.6 is 0 Å². The van der Waals surface area contributed by atoms with E-state index in [0.717, 1.165) is 32.4 Å². The van der Waals surface area contributed by atoms with Gasteiger partial charge in [-0.3, -0.25) is 4.79 Å². The fraction of sp³-hybridized carbons (Fsp3) is 0.632. The molecule has 0 unspecified atom stereocenters. The molecule has 1 aromatic carbocycles. The molecule has 0 spiro atoms. The predicted molar refractivity (Wildman–Crippen MR) is 89.4 cm³/mol. The number of carbonyl (C=O) groups excluding carboxylic acids is 1. The summed E-state index contributed by atoms with van der Waals surface area (Å²) in [5, 5.41) is 0. The Kier molecular flexibility index (Phi) is 5.34. The zero-order valence-electron chi connectivity index (χ0n) is 14.2. The highest BCUT2D eigenvalue weighted by molar-refractivity contribution is 5.77. The molecule has 2 saturated heterocycles. The normalized spacial score (nSPS) is 27.0. The predicted octanol–water partition coefficient (Wildman–Crippen LogP) is 2.72. The van der Waals surface area contributed by atoms with Gasteiger partial charge >= 0.3 is 0 Å². The number of piperidine rings is 1. The number of rotatable bonds is 5. The van der Waals surface area contributed by atoms with Crippen LogP contribution in [0.1, 0.15) is 37.3 Å². The maximum Gasteiger partial charge on any atom is 0.223 e. The van der Waals surface area contributed by atoms with Gasteiger partial charge in [-0.25, -0.2) is 0 Å². The summed E-state index contributed by atoms with van der Waals surface area (Å²) < 4.78 is 11.7. The van der Waals surface area contributed by atoms with Crippen LogP contribution in [0, 0.1) is 6.92 Å². The summed E-state index contributed by atoms with van der Waals surface area (Å²) in [7, 11) is 0. The molecule has 3 rings (SSSR count). The van der Waals surface area contributed by atoms with Crippen molar-refractivity contribution in [3.63, 3.8) is 0 Å². The van der Waals surface area contributed by atoms with Crippen molar-refractivity contribution in [2.24, 2.45) is 0 Å². The van der Waals surface area contributed by atoms with Crippen LogP contribution in [0.5, 0.6) is 0 Å². The smallest absolute Gasteiger partial charge is 0.223 e. The number of hydrogen-bond donors (Lipinski definition) is 0. The third-order valence-corrected chi connectivity index (χ3v) is 5.09. The van der Waals surface area contributed by atoms with Gasteiger partial charge in [0.2, 0.25) is 5.91 Å². The van der Waals surface area contributed by atoms with Gasteiger partial charge in [0.05, 0.1) is 12.1 Å². The Morgan fingerprint density at radius 3 is 2.96 bits per heavy atom. The first-order chi connectivity index (χ1) is 11.2. The van der Waals surface area contributed by atoms with Gasteiger partial charge in [-0.05, 0) is 44.2 Å². The molecule has 2 aliphatic heterocycles. The van der Waals surface area contributed by atoms with E-state index in [1.54, 1.807) is 0 Å². The molecule has 126 valence electrons. The van der Waals surface area contributed by atoms with Crippen molar-refractivity contribution in [2.45, 2.75) is 57.8 Å². The lowest BCUT2D eigenvalue weighted by molar-refractivity contribution is -0.144. The zero-order valence-corrected chi connectivity index (χ0v) is 14.2. The summed E-state index contributed by atoms with van der Waals surface area (Å²) in [6, 6.07) is 8.50. The number of amides is 1. The summed E-state index contributed by atoms with van der Waals surface area (Å²) in [5.41, 5.74) is 2.53. The first-order valence-electron chi connectivity index (χ1n) is 8.78. The molecule has 0 bridgehead atoms. The lowest BCUT2D eigenvalue weighted by atomic mass is 9.94. The molecule has 4 heteroatoms. The minimum atomic E-state index is 0.0612. The maximum atomic E-state index is 12.7. The topological polar surface area (TPSA) is 38.8 Å². The first-order valence-corrected chi connectivity index (χ1v) is 8.78. The number of ether oxygens (including phenoxy) is 2. The molecule has 0 radical (unpaired) electrons. The minimum absolute atomic E-state index is 0.0612. The van der Waals surface area contributed by atoms with Gasteiger partial charge in [-0.2, -0.15) is 0 Å². The molecular weight excluding hydrogens is 290 g/mol. The Hall–Kier alpha value is -1.39. The average molecular weight is 317 g/mol. The van der Waals surface area contributed by atoms with E-state index in [0.29, 0.717) is 13.0 Å². The van der Waals surface area contributed by atoms with E-state index in [1.165, 1.54) is 11.1 Å². The van der Waals surface area contributed by atoms with Crippen LogP contribution in [0.2, 0.25) is 0 Å². The van der Waals surface area contributed by atoms with Crippen LogP contribution in [0.15, 0.2) is 24.3 Å². The number of hydrogen-bond acceptors (Lipinski definition) is 3. The van der Waals surface area contributed by atoms with Crippen LogP contribution in [-0.2, 0) is 20.7 Å². The van der Waals surface area contributed by atoms with Gasteiger partial charge in [0.15, 0.2) is 0 Å². The minimum Gasteiger partial charge on any atom is -0.376 e. The Bertz CT molecular complexity index is 545. The van der Waals surface area contributed by atoms with Crippen molar-refractivity contribution < 1.29 is 14.3 Å². The fourth-order valence-electron chi connectivity index (χ4n) is 3.86. The molecule has 1 aromatic rings. The molecular formula is C19H27NO3. The molecule has 0 N–H and O–H groups in total. The van der Waals surface area contributed by atoms with Crippen molar-refractivity contribution in [1.82, 2.24) is 4.90 Å². The van der Waals surface area contributed by atoms with E-state index < -0.39 is 0 Å². The summed E-state index contributed by atoms with van der Waals surface area (Å²) in [6.07, 6.45) is 3.41. The molecule has 2 fully saturated rings. The highest BCUT2D eigenvalue weighted by Crippen LogP contribution is 2.31. The van der Waals surface area contributed by atoms with Crippen molar-refractivity contribution in [1.29, 1.82) is 0 Å². The Morgan fingerprint density at radius 1 is 1.35 bits per heavy atom. The fourth-order valence-corrected chi connectivity index (χ4v) is 3.86. The molecule has 4 nitrogen and oxygen atoms in total.